The van der Waals surface area contributed by atoms with Crippen LogP contribution in [-0.4, -0.2) is 11.4 Å². The summed E-state index contributed by atoms with van der Waals surface area (Å²) in [6.07, 6.45) is 0. The van der Waals surface area contributed by atoms with E-state index in [0.717, 1.165) is 5.56 Å². The highest BCUT2D eigenvalue weighted by Crippen LogP contribution is 2.35. The van der Waals surface area contributed by atoms with E-state index in [-0.39, 0.29) is 5.78 Å². The van der Waals surface area contributed by atoms with Crippen LogP contribution in [0.25, 0.3) is 0 Å². The number of Topliss-reactive ketones (excluding diaryl/α,β-unsaturated/α-hetero) is 1. The smallest absolute Gasteiger partial charge is 0.138 e. The Morgan fingerprint density at radius 2 is 1.26 bits per heavy atom. The van der Waals surface area contributed by atoms with Crippen LogP contribution in [0.3, 0.4) is 0 Å². The number of hydrogen-bond donors (Lipinski definition) is 0. The average molecular weight is 325 g/mol. The second kappa shape index (κ2) is 14.4. The van der Waals surface area contributed by atoms with Crippen LogP contribution in [0.1, 0.15) is 81.7 Å². The van der Waals surface area contributed by atoms with E-state index >= 15 is 0 Å². The van der Waals surface area contributed by atoms with Gasteiger partial charge in [0.1, 0.15) is 5.78 Å². The molecule has 1 aromatic rings. The van der Waals surface area contributed by atoms with Gasteiger partial charge in [0.2, 0.25) is 0 Å². The van der Waals surface area contributed by atoms with Crippen LogP contribution in [0.4, 0.5) is 0 Å². The first-order valence-corrected chi connectivity index (χ1v) is 8.96. The van der Waals surface area contributed by atoms with Crippen molar-refractivity contribution < 1.29 is 9.53 Å². The third kappa shape index (κ3) is 9.55. The van der Waals surface area contributed by atoms with Crippen LogP contribution in [-0.2, 0) is 16.1 Å². The van der Waals surface area contributed by atoms with Gasteiger partial charge in [-0.25, -0.2) is 0 Å². The molecule has 0 aromatic heterocycles. The predicted octanol–water partition coefficient (Wildman–Crippen LogP) is 6.68. The number of benzene rings is 1. The van der Waals surface area contributed by atoms with Crippen molar-refractivity contribution in [3.63, 3.8) is 0 Å². The van der Waals surface area contributed by atoms with Crippen LogP contribution in [0, 0.1) is 5.41 Å². The Hall–Kier alpha value is -1.15. The molecule has 0 radical (unpaired) electrons. The zero-order valence-electron chi connectivity index (χ0n) is 17.4. The number of rotatable bonds is 5. The fraction of sp³-hybridized carbons (Fsp3) is 0.667. The fourth-order valence-electron chi connectivity index (χ4n) is 1.44. The Balaban J connectivity index is -0.000000595. The molecule has 0 aliphatic rings. The van der Waals surface area contributed by atoms with E-state index < -0.39 is 11.0 Å². The average Bonchev–Trinajstić information content (AvgIpc) is 2.59. The van der Waals surface area contributed by atoms with Gasteiger partial charge in [0.15, 0.2) is 0 Å². The maximum absolute atomic E-state index is 11.6. The minimum Gasteiger partial charge on any atom is -0.370 e. The highest BCUT2D eigenvalue weighted by Gasteiger charge is 2.41. The molecular weight excluding hydrogens is 284 g/mol. The molecule has 0 saturated heterocycles. The lowest BCUT2D eigenvalue weighted by Gasteiger charge is -2.39. The molecular formula is C21H40O2. The summed E-state index contributed by atoms with van der Waals surface area (Å²) in [5, 5.41) is 0. The zero-order valence-corrected chi connectivity index (χ0v) is 17.4. The summed E-state index contributed by atoms with van der Waals surface area (Å²) in [6, 6.07) is 10.0. The summed E-state index contributed by atoms with van der Waals surface area (Å²) >= 11 is 0. The van der Waals surface area contributed by atoms with Crippen LogP contribution in [0.15, 0.2) is 30.3 Å². The van der Waals surface area contributed by atoms with Crippen molar-refractivity contribution in [2.75, 3.05) is 0 Å². The summed E-state index contributed by atoms with van der Waals surface area (Å²) in [5.74, 6) is 0.149. The Labute approximate surface area is 145 Å². The SMILES string of the molecule is CC.CC.CC.CC(=O)C(C)(C)C(C)(C)OCc1ccccc1. The first kappa shape index (κ1) is 26.7. The molecule has 0 aliphatic heterocycles. The van der Waals surface area contributed by atoms with Crippen molar-refractivity contribution in [1.82, 2.24) is 0 Å². The molecule has 0 N–H and O–H groups in total. The molecule has 2 heteroatoms. The Bertz CT molecular complexity index is 378. The second-order valence-corrected chi connectivity index (χ2v) is 5.47. The normalized spacial score (nSPS) is 10.0. The molecule has 0 unspecified atom stereocenters. The quantitative estimate of drug-likeness (QED) is 0.604. The Morgan fingerprint density at radius 3 is 1.61 bits per heavy atom. The summed E-state index contributed by atoms with van der Waals surface area (Å²) in [6.45, 7) is 22.0. The fourth-order valence-corrected chi connectivity index (χ4v) is 1.44. The lowest BCUT2D eigenvalue weighted by molar-refractivity contribution is -0.149. The van der Waals surface area contributed by atoms with Crippen molar-refractivity contribution in [2.45, 2.75) is 88.4 Å². The van der Waals surface area contributed by atoms with Gasteiger partial charge in [-0.3, -0.25) is 4.79 Å². The van der Waals surface area contributed by atoms with E-state index in [1.807, 2.05) is 99.6 Å². The largest absolute Gasteiger partial charge is 0.370 e. The van der Waals surface area contributed by atoms with Gasteiger partial charge in [0.05, 0.1) is 17.6 Å². The van der Waals surface area contributed by atoms with Crippen LogP contribution < -0.4 is 0 Å². The van der Waals surface area contributed by atoms with Gasteiger partial charge >= 0.3 is 0 Å². The molecule has 0 heterocycles. The molecule has 23 heavy (non-hydrogen) atoms. The highest BCUT2D eigenvalue weighted by atomic mass is 16.5. The van der Waals surface area contributed by atoms with Crippen molar-refractivity contribution in [1.29, 1.82) is 0 Å². The number of carbonyl (C=O) groups is 1. The maximum atomic E-state index is 11.6. The highest BCUT2D eigenvalue weighted by molar-refractivity contribution is 5.82. The van der Waals surface area contributed by atoms with Gasteiger partial charge in [0, 0.05) is 0 Å². The van der Waals surface area contributed by atoms with E-state index in [2.05, 4.69) is 0 Å². The van der Waals surface area contributed by atoms with E-state index in [1.165, 1.54) is 0 Å². The van der Waals surface area contributed by atoms with Gasteiger partial charge in [-0.1, -0.05) is 85.7 Å². The van der Waals surface area contributed by atoms with Gasteiger partial charge in [-0.15, -0.1) is 0 Å². The maximum Gasteiger partial charge on any atom is 0.138 e. The van der Waals surface area contributed by atoms with Crippen LogP contribution in [0.2, 0.25) is 0 Å². The predicted molar refractivity (Wildman–Crippen MR) is 104 cm³/mol. The topological polar surface area (TPSA) is 26.3 Å². The zero-order chi connectivity index (χ0) is 19.1. The number of ketones is 1. The third-order valence-corrected chi connectivity index (χ3v) is 3.83. The Kier molecular flexibility index (Phi) is 16.8. The lowest BCUT2D eigenvalue weighted by atomic mass is 9.74. The van der Waals surface area contributed by atoms with Gasteiger partial charge < -0.3 is 4.74 Å². The van der Waals surface area contributed by atoms with Crippen molar-refractivity contribution in [2.24, 2.45) is 5.41 Å². The van der Waals surface area contributed by atoms with Gasteiger partial charge in [-0.2, -0.15) is 0 Å². The summed E-state index contributed by atoms with van der Waals surface area (Å²) in [5.41, 5.74) is 0.163. The van der Waals surface area contributed by atoms with E-state index in [9.17, 15) is 4.79 Å². The molecule has 1 aromatic carbocycles. The minimum absolute atomic E-state index is 0.149. The first-order chi connectivity index (χ1) is 10.8. The van der Waals surface area contributed by atoms with Crippen LogP contribution in [0.5, 0.6) is 0 Å². The number of ether oxygens (including phenoxy) is 1. The first-order valence-electron chi connectivity index (χ1n) is 8.96. The Morgan fingerprint density at radius 1 is 0.870 bits per heavy atom. The molecule has 0 bridgehead atoms. The van der Waals surface area contributed by atoms with E-state index in [4.69, 9.17) is 4.74 Å². The van der Waals surface area contributed by atoms with Crippen molar-refractivity contribution >= 4 is 5.78 Å². The summed E-state index contributed by atoms with van der Waals surface area (Å²) < 4.78 is 5.92. The van der Waals surface area contributed by atoms with Crippen molar-refractivity contribution in [3.8, 4) is 0 Å². The number of carbonyl (C=O) groups excluding carboxylic acids is 1. The molecule has 0 amide bonds. The molecule has 0 fully saturated rings. The molecule has 136 valence electrons. The molecule has 2 nitrogen and oxygen atoms in total. The molecule has 0 saturated carbocycles. The standard InChI is InChI=1S/C15H22O2.3C2H6/c1-12(16)14(2,3)15(4,5)17-11-13-9-7-6-8-10-13;3*1-2/h6-10H,11H2,1-5H3;3*1-2H3. The minimum atomic E-state index is -0.484. The lowest BCUT2D eigenvalue weighted by Crippen LogP contribution is -2.46. The van der Waals surface area contributed by atoms with Gasteiger partial charge in [0.25, 0.3) is 0 Å². The molecule has 0 spiro atoms. The van der Waals surface area contributed by atoms with Crippen LogP contribution >= 0.6 is 0 Å². The van der Waals surface area contributed by atoms with Gasteiger partial charge in [-0.05, 0) is 26.3 Å². The van der Waals surface area contributed by atoms with E-state index in [0.29, 0.717) is 6.61 Å². The monoisotopic (exact) mass is 324 g/mol. The molecule has 0 atom stereocenters. The summed E-state index contributed by atoms with van der Waals surface area (Å²) in [4.78, 5) is 11.6. The third-order valence-electron chi connectivity index (χ3n) is 3.83. The van der Waals surface area contributed by atoms with E-state index in [1.54, 1.807) is 6.92 Å². The molecule has 1 rings (SSSR count). The summed E-state index contributed by atoms with van der Waals surface area (Å²) in [7, 11) is 0. The molecule has 0 aliphatic carbocycles. The van der Waals surface area contributed by atoms with Crippen molar-refractivity contribution in [3.05, 3.63) is 35.9 Å². The number of hydrogen-bond acceptors (Lipinski definition) is 2. The second-order valence-electron chi connectivity index (χ2n) is 5.47.